The number of hydrogen-bond acceptors (Lipinski definition) is 2. The highest BCUT2D eigenvalue weighted by Crippen LogP contribution is 2.09. The second-order valence-electron chi connectivity index (χ2n) is 3.87. The van der Waals surface area contributed by atoms with Crippen molar-refractivity contribution in [1.82, 2.24) is 0 Å². The van der Waals surface area contributed by atoms with E-state index in [9.17, 15) is 5.11 Å². The Kier molecular flexibility index (Phi) is 5.56. The molecule has 0 saturated carbocycles. The number of aliphatic hydroxyl groups is 1. The van der Waals surface area contributed by atoms with Crippen LogP contribution in [0.3, 0.4) is 0 Å². The molecule has 3 heteroatoms. The molecule has 0 saturated heterocycles. The van der Waals surface area contributed by atoms with Crippen molar-refractivity contribution in [2.45, 2.75) is 32.5 Å². The first-order chi connectivity index (χ1) is 7.08. The molecule has 1 rings (SSSR count). The van der Waals surface area contributed by atoms with E-state index in [1.54, 1.807) is 0 Å². The quantitative estimate of drug-likeness (QED) is 0.845. The van der Waals surface area contributed by atoms with Crippen molar-refractivity contribution < 1.29 is 9.84 Å². The number of halogens is 1. The van der Waals surface area contributed by atoms with Gasteiger partial charge in [-0.15, -0.1) is 0 Å². The van der Waals surface area contributed by atoms with E-state index in [0.29, 0.717) is 13.0 Å². The van der Waals surface area contributed by atoms with Crippen LogP contribution >= 0.6 is 22.6 Å². The van der Waals surface area contributed by atoms with Gasteiger partial charge in [-0.05, 0) is 54.1 Å². The Morgan fingerprint density at radius 3 is 2.40 bits per heavy atom. The number of ether oxygens (including phenoxy) is 1. The fourth-order valence-electron chi connectivity index (χ4n) is 1.26. The molecule has 1 aromatic carbocycles. The van der Waals surface area contributed by atoms with Gasteiger partial charge in [-0.3, -0.25) is 0 Å². The van der Waals surface area contributed by atoms with E-state index in [0.717, 1.165) is 5.56 Å². The van der Waals surface area contributed by atoms with Crippen molar-refractivity contribution in [3.63, 3.8) is 0 Å². The number of rotatable bonds is 5. The van der Waals surface area contributed by atoms with Gasteiger partial charge in [0, 0.05) is 9.99 Å². The lowest BCUT2D eigenvalue weighted by atomic mass is 10.1. The average molecular weight is 320 g/mol. The third-order valence-corrected chi connectivity index (χ3v) is 2.73. The van der Waals surface area contributed by atoms with Gasteiger partial charge in [0.15, 0.2) is 0 Å². The van der Waals surface area contributed by atoms with E-state index >= 15 is 0 Å². The average Bonchev–Trinajstić information content (AvgIpc) is 2.19. The van der Waals surface area contributed by atoms with Gasteiger partial charge in [0.2, 0.25) is 0 Å². The van der Waals surface area contributed by atoms with Crippen LogP contribution in [0.25, 0.3) is 0 Å². The largest absolute Gasteiger partial charge is 0.390 e. The van der Waals surface area contributed by atoms with Gasteiger partial charge in [-0.2, -0.15) is 0 Å². The molecule has 0 amide bonds. The summed E-state index contributed by atoms with van der Waals surface area (Å²) in [6.45, 7) is 4.35. The summed E-state index contributed by atoms with van der Waals surface area (Å²) in [6, 6.07) is 8.18. The molecule has 1 atom stereocenters. The van der Waals surface area contributed by atoms with Gasteiger partial charge in [0.1, 0.15) is 0 Å². The molecule has 1 aromatic rings. The third-order valence-electron chi connectivity index (χ3n) is 2.01. The van der Waals surface area contributed by atoms with Crippen LogP contribution in [0.1, 0.15) is 19.4 Å². The maximum atomic E-state index is 9.69. The zero-order valence-corrected chi connectivity index (χ0v) is 11.3. The Hall–Kier alpha value is -0.130. The first-order valence-electron chi connectivity index (χ1n) is 5.12. The van der Waals surface area contributed by atoms with Crippen LogP contribution in [0.2, 0.25) is 0 Å². The summed E-state index contributed by atoms with van der Waals surface area (Å²) < 4.78 is 6.56. The Morgan fingerprint density at radius 1 is 1.27 bits per heavy atom. The maximum Gasteiger partial charge on any atom is 0.0814 e. The van der Waals surface area contributed by atoms with E-state index in [1.807, 2.05) is 38.1 Å². The molecule has 0 aliphatic carbocycles. The number of benzene rings is 1. The van der Waals surface area contributed by atoms with Gasteiger partial charge < -0.3 is 9.84 Å². The number of aliphatic hydroxyl groups excluding tert-OH is 1. The van der Waals surface area contributed by atoms with E-state index in [-0.39, 0.29) is 6.10 Å². The van der Waals surface area contributed by atoms with Gasteiger partial charge >= 0.3 is 0 Å². The van der Waals surface area contributed by atoms with Gasteiger partial charge in [0.05, 0.1) is 18.8 Å². The van der Waals surface area contributed by atoms with Crippen molar-refractivity contribution in [2.75, 3.05) is 6.61 Å². The predicted octanol–water partition coefficient (Wildman–Crippen LogP) is 2.62. The second kappa shape index (κ2) is 6.45. The minimum absolute atomic E-state index is 0.177. The lowest BCUT2D eigenvalue weighted by molar-refractivity contribution is 0.00621. The summed E-state index contributed by atoms with van der Waals surface area (Å²) in [5, 5.41) is 9.69. The molecular formula is C12H17IO2. The maximum absolute atomic E-state index is 9.69. The SMILES string of the molecule is CC(C)OCC(O)Cc1ccc(I)cc1. The molecule has 0 aromatic heterocycles. The highest BCUT2D eigenvalue weighted by molar-refractivity contribution is 14.1. The molecule has 0 radical (unpaired) electrons. The van der Waals surface area contributed by atoms with Crippen LogP contribution in [0.15, 0.2) is 24.3 Å². The van der Waals surface area contributed by atoms with Crippen molar-refractivity contribution in [1.29, 1.82) is 0 Å². The monoisotopic (exact) mass is 320 g/mol. The first-order valence-corrected chi connectivity index (χ1v) is 6.20. The van der Waals surface area contributed by atoms with Gasteiger partial charge in [-0.25, -0.2) is 0 Å². The summed E-state index contributed by atoms with van der Waals surface area (Å²) >= 11 is 2.27. The first kappa shape index (κ1) is 12.9. The predicted molar refractivity (Wildman–Crippen MR) is 70.0 cm³/mol. The summed E-state index contributed by atoms with van der Waals surface area (Å²) in [4.78, 5) is 0. The topological polar surface area (TPSA) is 29.5 Å². The highest BCUT2D eigenvalue weighted by Gasteiger charge is 2.06. The van der Waals surface area contributed by atoms with Crippen LogP contribution in [0.5, 0.6) is 0 Å². The Balaban J connectivity index is 2.37. The molecule has 84 valence electrons. The molecular weight excluding hydrogens is 303 g/mol. The highest BCUT2D eigenvalue weighted by atomic mass is 127. The van der Waals surface area contributed by atoms with Gasteiger partial charge in [-0.1, -0.05) is 12.1 Å². The fraction of sp³-hybridized carbons (Fsp3) is 0.500. The molecule has 0 fully saturated rings. The molecule has 0 heterocycles. The molecule has 0 aliphatic rings. The van der Waals surface area contributed by atoms with Crippen molar-refractivity contribution in [3.05, 3.63) is 33.4 Å². The standard InChI is InChI=1S/C12H17IO2/c1-9(2)15-8-12(14)7-10-3-5-11(13)6-4-10/h3-6,9,12,14H,7-8H2,1-2H3. The molecule has 1 N–H and O–H groups in total. The lowest BCUT2D eigenvalue weighted by Gasteiger charge is -2.13. The minimum Gasteiger partial charge on any atom is -0.390 e. The van der Waals surface area contributed by atoms with Crippen molar-refractivity contribution in [3.8, 4) is 0 Å². The summed E-state index contributed by atoms with van der Waals surface area (Å²) in [7, 11) is 0. The van der Waals surface area contributed by atoms with Crippen LogP contribution in [0.4, 0.5) is 0 Å². The minimum atomic E-state index is -0.410. The van der Waals surface area contributed by atoms with Gasteiger partial charge in [0.25, 0.3) is 0 Å². The van der Waals surface area contributed by atoms with E-state index in [4.69, 9.17) is 4.74 Å². The zero-order valence-electron chi connectivity index (χ0n) is 9.11. The summed E-state index contributed by atoms with van der Waals surface area (Å²) in [5.41, 5.74) is 1.15. The molecule has 0 bridgehead atoms. The third kappa shape index (κ3) is 5.49. The molecule has 1 unspecified atom stereocenters. The molecule has 2 nitrogen and oxygen atoms in total. The summed E-state index contributed by atoms with van der Waals surface area (Å²) in [5.74, 6) is 0. The van der Waals surface area contributed by atoms with E-state index < -0.39 is 6.10 Å². The van der Waals surface area contributed by atoms with Crippen molar-refractivity contribution >= 4 is 22.6 Å². The van der Waals surface area contributed by atoms with Crippen molar-refractivity contribution in [2.24, 2.45) is 0 Å². The van der Waals surface area contributed by atoms with E-state index in [1.165, 1.54) is 3.57 Å². The Labute approximate surface area is 105 Å². The fourth-order valence-corrected chi connectivity index (χ4v) is 1.61. The number of hydrogen-bond donors (Lipinski definition) is 1. The Bertz CT molecular complexity index is 282. The normalized spacial score (nSPS) is 13.1. The second-order valence-corrected chi connectivity index (χ2v) is 5.11. The molecule has 15 heavy (non-hydrogen) atoms. The molecule has 0 spiro atoms. The lowest BCUT2D eigenvalue weighted by Crippen LogP contribution is -2.20. The smallest absolute Gasteiger partial charge is 0.0814 e. The van der Waals surface area contributed by atoms with Crippen LogP contribution in [-0.4, -0.2) is 23.9 Å². The van der Waals surface area contributed by atoms with Crippen LogP contribution in [-0.2, 0) is 11.2 Å². The zero-order chi connectivity index (χ0) is 11.3. The molecule has 0 aliphatic heterocycles. The summed E-state index contributed by atoms with van der Waals surface area (Å²) in [6.07, 6.45) is 0.424. The van der Waals surface area contributed by atoms with Crippen LogP contribution < -0.4 is 0 Å². The Morgan fingerprint density at radius 2 is 1.87 bits per heavy atom. The van der Waals surface area contributed by atoms with Crippen LogP contribution in [0, 0.1) is 3.57 Å². The van der Waals surface area contributed by atoms with E-state index in [2.05, 4.69) is 22.6 Å².